The molecule has 7 nitrogen and oxygen atoms in total. The Hall–Kier alpha value is -2.54. The standard InChI is InChI=1S/C18H23N7/c1-2-24-14-22-16-17(24)20-13-21-18(16)25-11-9-23(10-12-25)8-5-15-3-6-19-7-4-15/h3-4,6-7,13-14H,2,5,8-12H2,1H3. The molecule has 0 atom stereocenters. The first-order valence-electron chi connectivity index (χ1n) is 8.87. The summed E-state index contributed by atoms with van der Waals surface area (Å²) < 4.78 is 2.06. The van der Waals surface area contributed by atoms with Crippen molar-refractivity contribution in [1.82, 2.24) is 29.4 Å². The Morgan fingerprint density at radius 2 is 1.80 bits per heavy atom. The maximum atomic E-state index is 4.54. The van der Waals surface area contributed by atoms with Crippen molar-refractivity contribution in [3.05, 3.63) is 42.7 Å². The second-order valence-corrected chi connectivity index (χ2v) is 6.33. The van der Waals surface area contributed by atoms with Crippen LogP contribution in [0.25, 0.3) is 11.2 Å². The summed E-state index contributed by atoms with van der Waals surface area (Å²) in [5.41, 5.74) is 3.18. The molecule has 0 amide bonds. The summed E-state index contributed by atoms with van der Waals surface area (Å²) in [4.78, 5) is 22.4. The van der Waals surface area contributed by atoms with Gasteiger partial charge >= 0.3 is 0 Å². The molecule has 0 aromatic carbocycles. The van der Waals surface area contributed by atoms with Gasteiger partial charge in [0.15, 0.2) is 17.0 Å². The number of pyridine rings is 1. The van der Waals surface area contributed by atoms with E-state index in [1.165, 1.54) is 5.56 Å². The third-order valence-corrected chi connectivity index (χ3v) is 4.86. The first-order valence-corrected chi connectivity index (χ1v) is 8.87. The van der Waals surface area contributed by atoms with Gasteiger partial charge in [0, 0.05) is 51.7 Å². The number of rotatable bonds is 5. The minimum absolute atomic E-state index is 0.871. The molecule has 4 heterocycles. The van der Waals surface area contributed by atoms with E-state index in [4.69, 9.17) is 0 Å². The van der Waals surface area contributed by atoms with Crippen LogP contribution in [0.1, 0.15) is 12.5 Å². The van der Waals surface area contributed by atoms with Crippen LogP contribution in [-0.4, -0.2) is 62.1 Å². The van der Waals surface area contributed by atoms with E-state index in [1.54, 1.807) is 6.33 Å². The first kappa shape index (κ1) is 16.0. The third kappa shape index (κ3) is 3.32. The fraction of sp³-hybridized carbons (Fsp3) is 0.444. The molecule has 1 aliphatic rings. The predicted molar refractivity (Wildman–Crippen MR) is 97.6 cm³/mol. The lowest BCUT2D eigenvalue weighted by molar-refractivity contribution is 0.260. The molecule has 0 bridgehead atoms. The average molecular weight is 337 g/mol. The zero-order chi connectivity index (χ0) is 17.1. The van der Waals surface area contributed by atoms with Crippen LogP contribution in [0.15, 0.2) is 37.2 Å². The molecule has 0 unspecified atom stereocenters. The molecule has 0 radical (unpaired) electrons. The van der Waals surface area contributed by atoms with Crippen molar-refractivity contribution >= 4 is 17.0 Å². The lowest BCUT2D eigenvalue weighted by Crippen LogP contribution is -2.47. The molecule has 130 valence electrons. The van der Waals surface area contributed by atoms with E-state index < -0.39 is 0 Å². The SMILES string of the molecule is CCn1cnc2c(N3CCN(CCc4ccncc4)CC3)ncnc21. The summed E-state index contributed by atoms with van der Waals surface area (Å²) in [7, 11) is 0. The molecule has 4 rings (SSSR count). The molecule has 1 fully saturated rings. The van der Waals surface area contributed by atoms with Crippen LogP contribution < -0.4 is 4.90 Å². The van der Waals surface area contributed by atoms with Crippen LogP contribution >= 0.6 is 0 Å². The molecule has 25 heavy (non-hydrogen) atoms. The van der Waals surface area contributed by atoms with Crippen LogP contribution in [-0.2, 0) is 13.0 Å². The van der Waals surface area contributed by atoms with Crippen molar-refractivity contribution in [1.29, 1.82) is 0 Å². The summed E-state index contributed by atoms with van der Waals surface area (Å²) in [6, 6.07) is 4.19. The topological polar surface area (TPSA) is 63.0 Å². The Labute approximate surface area is 147 Å². The third-order valence-electron chi connectivity index (χ3n) is 4.86. The highest BCUT2D eigenvalue weighted by molar-refractivity contribution is 5.83. The summed E-state index contributed by atoms with van der Waals surface area (Å²) in [5.74, 6) is 0.964. The van der Waals surface area contributed by atoms with Crippen LogP contribution in [0.4, 0.5) is 5.82 Å². The Kier molecular flexibility index (Phi) is 4.56. The number of aryl methyl sites for hydroxylation is 1. The Balaban J connectivity index is 1.40. The lowest BCUT2D eigenvalue weighted by Gasteiger charge is -2.35. The number of aromatic nitrogens is 5. The maximum absolute atomic E-state index is 4.54. The molecule has 0 aliphatic carbocycles. The van der Waals surface area contributed by atoms with E-state index in [9.17, 15) is 0 Å². The van der Waals surface area contributed by atoms with Crippen molar-refractivity contribution < 1.29 is 0 Å². The highest BCUT2D eigenvalue weighted by Gasteiger charge is 2.21. The second kappa shape index (κ2) is 7.14. The predicted octanol–water partition coefficient (Wildman–Crippen LogP) is 1.61. The zero-order valence-corrected chi connectivity index (χ0v) is 14.5. The number of hydrogen-bond acceptors (Lipinski definition) is 6. The second-order valence-electron chi connectivity index (χ2n) is 6.33. The van der Waals surface area contributed by atoms with E-state index in [0.717, 1.165) is 62.7 Å². The van der Waals surface area contributed by atoms with Crippen molar-refractivity contribution in [3.8, 4) is 0 Å². The van der Waals surface area contributed by atoms with Gasteiger partial charge in [0.2, 0.25) is 0 Å². The molecule has 1 aliphatic heterocycles. The minimum atomic E-state index is 0.871. The van der Waals surface area contributed by atoms with Crippen LogP contribution in [0.5, 0.6) is 0 Å². The number of imidazole rings is 1. The number of nitrogens with zero attached hydrogens (tertiary/aromatic N) is 7. The van der Waals surface area contributed by atoms with Gasteiger partial charge in [-0.1, -0.05) is 0 Å². The number of anilines is 1. The van der Waals surface area contributed by atoms with Crippen LogP contribution in [0.3, 0.4) is 0 Å². The summed E-state index contributed by atoms with van der Waals surface area (Å²) in [6.45, 7) is 8.10. The van der Waals surface area contributed by atoms with Gasteiger partial charge in [-0.3, -0.25) is 9.88 Å². The normalized spacial score (nSPS) is 15.8. The van der Waals surface area contributed by atoms with Gasteiger partial charge in [-0.05, 0) is 31.0 Å². The number of piperazine rings is 1. The monoisotopic (exact) mass is 337 g/mol. The van der Waals surface area contributed by atoms with Crippen molar-refractivity contribution in [2.45, 2.75) is 19.9 Å². The van der Waals surface area contributed by atoms with Crippen LogP contribution in [0, 0.1) is 0 Å². The molecule has 3 aromatic heterocycles. The fourth-order valence-electron chi connectivity index (χ4n) is 3.35. The van der Waals surface area contributed by atoms with Crippen molar-refractivity contribution in [2.24, 2.45) is 0 Å². The molecule has 0 N–H and O–H groups in total. The molecular formula is C18H23N7. The van der Waals surface area contributed by atoms with Gasteiger partial charge in [-0.15, -0.1) is 0 Å². The molecular weight excluding hydrogens is 314 g/mol. The molecule has 0 spiro atoms. The highest BCUT2D eigenvalue weighted by Crippen LogP contribution is 2.22. The van der Waals surface area contributed by atoms with Crippen molar-refractivity contribution in [2.75, 3.05) is 37.6 Å². The highest BCUT2D eigenvalue weighted by atomic mass is 15.3. The summed E-state index contributed by atoms with van der Waals surface area (Å²) in [6.07, 6.45) is 8.31. The Morgan fingerprint density at radius 1 is 1.00 bits per heavy atom. The van der Waals surface area contributed by atoms with Gasteiger partial charge in [0.1, 0.15) is 6.33 Å². The fourth-order valence-corrected chi connectivity index (χ4v) is 3.35. The van der Waals surface area contributed by atoms with Gasteiger partial charge in [-0.2, -0.15) is 0 Å². The number of fused-ring (bicyclic) bond motifs is 1. The number of hydrogen-bond donors (Lipinski definition) is 0. The Morgan fingerprint density at radius 3 is 2.56 bits per heavy atom. The van der Waals surface area contributed by atoms with E-state index in [2.05, 4.69) is 53.4 Å². The smallest absolute Gasteiger partial charge is 0.165 e. The molecule has 1 saturated heterocycles. The van der Waals surface area contributed by atoms with Gasteiger partial charge in [-0.25, -0.2) is 15.0 Å². The van der Waals surface area contributed by atoms with Gasteiger partial charge in [0.05, 0.1) is 6.33 Å². The zero-order valence-electron chi connectivity index (χ0n) is 14.5. The van der Waals surface area contributed by atoms with E-state index in [-0.39, 0.29) is 0 Å². The molecule has 0 saturated carbocycles. The molecule has 7 heteroatoms. The quantitative estimate of drug-likeness (QED) is 0.705. The van der Waals surface area contributed by atoms with Crippen LogP contribution in [0.2, 0.25) is 0 Å². The van der Waals surface area contributed by atoms with E-state index >= 15 is 0 Å². The maximum Gasteiger partial charge on any atom is 0.165 e. The largest absolute Gasteiger partial charge is 0.352 e. The van der Waals surface area contributed by atoms with Crippen molar-refractivity contribution in [3.63, 3.8) is 0 Å². The van der Waals surface area contributed by atoms with E-state index in [1.807, 2.05) is 18.7 Å². The summed E-state index contributed by atoms with van der Waals surface area (Å²) in [5, 5.41) is 0. The first-order chi connectivity index (χ1) is 12.3. The molecule has 3 aromatic rings. The van der Waals surface area contributed by atoms with Gasteiger partial charge < -0.3 is 9.47 Å². The minimum Gasteiger partial charge on any atom is -0.352 e. The average Bonchev–Trinajstić information content (AvgIpc) is 3.11. The Bertz CT molecular complexity index is 822. The summed E-state index contributed by atoms with van der Waals surface area (Å²) >= 11 is 0. The lowest BCUT2D eigenvalue weighted by atomic mass is 10.2. The van der Waals surface area contributed by atoms with E-state index in [0.29, 0.717) is 0 Å². The van der Waals surface area contributed by atoms with Gasteiger partial charge in [0.25, 0.3) is 0 Å².